The zero-order chi connectivity index (χ0) is 35.3. The Morgan fingerprint density at radius 1 is 0.480 bits per heavy atom. The smallest absolute Gasteiger partial charge is 0.336 e. The van der Waals surface area contributed by atoms with Gasteiger partial charge in [-0.2, -0.15) is 0 Å². The number of ether oxygens (including phenoxy) is 6. The van der Waals surface area contributed by atoms with Crippen molar-refractivity contribution in [1.29, 1.82) is 0 Å². The average molecular weight is 701 g/mol. The zero-order valence-corrected chi connectivity index (χ0v) is 30.8. The average Bonchev–Trinajstić information content (AvgIpc) is 3.71. The number of hydrogen-bond acceptors (Lipinski definition) is 10. The molecule has 3 aliphatic heterocycles. The molecule has 0 unspecified atom stereocenters. The van der Waals surface area contributed by atoms with Crippen molar-refractivity contribution in [2.45, 2.75) is 130 Å². The summed E-state index contributed by atoms with van der Waals surface area (Å²) in [6.07, 6.45) is 10.9. The Morgan fingerprint density at radius 2 is 0.900 bits per heavy atom. The van der Waals surface area contributed by atoms with Gasteiger partial charge in [-0.05, 0) is 98.7 Å². The lowest BCUT2D eigenvalue weighted by molar-refractivity contribution is -0.189. The fraction of sp³-hybridized carbons (Fsp3) is 0.900. The van der Waals surface area contributed by atoms with E-state index >= 15 is 0 Å². The first-order chi connectivity index (χ1) is 23.9. The van der Waals surface area contributed by atoms with Crippen molar-refractivity contribution < 1.29 is 47.6 Å². The van der Waals surface area contributed by atoms with E-state index in [1.54, 1.807) is 0 Å². The van der Waals surface area contributed by atoms with Crippen LogP contribution in [-0.4, -0.2) is 75.7 Å². The summed E-state index contributed by atoms with van der Waals surface area (Å²) >= 11 is 0. The van der Waals surface area contributed by atoms with E-state index in [4.69, 9.17) is 28.4 Å². The van der Waals surface area contributed by atoms with Crippen LogP contribution in [0.4, 0.5) is 0 Å². The van der Waals surface area contributed by atoms with Crippen LogP contribution >= 0.6 is 0 Å². The molecule has 10 heteroatoms. The normalized spacial score (nSPS) is 47.8. The first-order valence-corrected chi connectivity index (χ1v) is 19.8. The minimum atomic E-state index is -0.985. The maximum atomic E-state index is 14.1. The maximum absolute atomic E-state index is 14.1. The van der Waals surface area contributed by atoms with Crippen LogP contribution in [0, 0.1) is 57.2 Å². The van der Waals surface area contributed by atoms with Crippen LogP contribution in [0.5, 0.6) is 0 Å². The predicted octanol–water partition coefficient (Wildman–Crippen LogP) is 6.21. The molecule has 3 saturated heterocycles. The molecule has 7 aliphatic rings. The summed E-state index contributed by atoms with van der Waals surface area (Å²) in [5.74, 6) is -2.06. The highest BCUT2D eigenvalue weighted by molar-refractivity contribution is 5.85. The van der Waals surface area contributed by atoms with Gasteiger partial charge < -0.3 is 28.4 Å². The van der Waals surface area contributed by atoms with E-state index in [0.717, 1.165) is 77.0 Å². The van der Waals surface area contributed by atoms with Gasteiger partial charge >= 0.3 is 23.9 Å². The van der Waals surface area contributed by atoms with Gasteiger partial charge in [-0.3, -0.25) is 9.59 Å². The second-order valence-electron chi connectivity index (χ2n) is 18.2. The third kappa shape index (κ3) is 6.40. The lowest BCUT2D eigenvalue weighted by atomic mass is 9.48. The van der Waals surface area contributed by atoms with Gasteiger partial charge in [0, 0.05) is 10.8 Å². The van der Waals surface area contributed by atoms with Crippen molar-refractivity contribution in [3.8, 4) is 0 Å². The summed E-state index contributed by atoms with van der Waals surface area (Å²) in [7, 11) is 0. The van der Waals surface area contributed by atoms with Crippen molar-refractivity contribution in [2.75, 3.05) is 39.6 Å². The summed E-state index contributed by atoms with van der Waals surface area (Å²) < 4.78 is 36.3. The van der Waals surface area contributed by atoms with Crippen LogP contribution in [-0.2, 0) is 47.6 Å². The molecule has 280 valence electrons. The summed E-state index contributed by atoms with van der Waals surface area (Å²) in [5, 5.41) is 0. The van der Waals surface area contributed by atoms with Gasteiger partial charge in [0.25, 0.3) is 0 Å². The molecular weight excluding hydrogens is 640 g/mol. The van der Waals surface area contributed by atoms with Crippen molar-refractivity contribution in [2.24, 2.45) is 57.2 Å². The Kier molecular flexibility index (Phi) is 10.1. The highest BCUT2D eigenvalue weighted by atomic mass is 16.6. The molecule has 0 aromatic rings. The number of carbonyl (C=O) groups is 4. The molecule has 7 rings (SSSR count). The molecule has 0 N–H and O–H groups in total. The highest BCUT2D eigenvalue weighted by Gasteiger charge is 2.57. The first kappa shape index (κ1) is 36.2. The highest BCUT2D eigenvalue weighted by Crippen LogP contribution is 2.61. The van der Waals surface area contributed by atoms with E-state index < -0.39 is 36.0 Å². The third-order valence-corrected chi connectivity index (χ3v) is 15.3. The Hall–Kier alpha value is -2.20. The van der Waals surface area contributed by atoms with Crippen LogP contribution in [0.25, 0.3) is 0 Å². The fourth-order valence-corrected chi connectivity index (χ4v) is 12.4. The molecule has 4 aliphatic carbocycles. The van der Waals surface area contributed by atoms with E-state index in [9.17, 15) is 19.2 Å². The second-order valence-corrected chi connectivity index (χ2v) is 18.2. The van der Waals surface area contributed by atoms with E-state index in [-0.39, 0.29) is 70.5 Å². The van der Waals surface area contributed by atoms with Gasteiger partial charge in [0.05, 0.1) is 51.5 Å². The summed E-state index contributed by atoms with van der Waals surface area (Å²) in [6.45, 7) is 11.0. The number of rotatable bonds is 2. The minimum absolute atomic E-state index is 0.0915. The van der Waals surface area contributed by atoms with Gasteiger partial charge in [0.2, 0.25) is 0 Å². The SMILES string of the molecule is C[C@@]12CCC[C@]3(C)[C@H](CCC[C@@H]13)CO[C@H]([C@@H]1CCOC1=O)C(=O)OC[C@]1(C)CCC[C@]3(C)[C@H](CCC[C@@H]13)CO[C@H]([C@@H]1CCOC1=O)C(=O)OC2. The number of carbonyl (C=O) groups excluding carboxylic acids is 4. The molecule has 12 atom stereocenters. The van der Waals surface area contributed by atoms with Crippen LogP contribution in [0.2, 0.25) is 0 Å². The summed E-state index contributed by atoms with van der Waals surface area (Å²) in [5.41, 5.74) is -0.697. The van der Waals surface area contributed by atoms with E-state index in [1.807, 2.05) is 0 Å². The van der Waals surface area contributed by atoms with Crippen molar-refractivity contribution >= 4 is 23.9 Å². The molecule has 0 radical (unpaired) electrons. The van der Waals surface area contributed by atoms with E-state index in [2.05, 4.69) is 27.7 Å². The largest absolute Gasteiger partial charge is 0.465 e. The topological polar surface area (TPSA) is 124 Å². The van der Waals surface area contributed by atoms with Crippen LogP contribution < -0.4 is 0 Å². The monoisotopic (exact) mass is 700 g/mol. The Balaban J connectivity index is 1.21. The number of cyclic esters (lactones) is 4. The van der Waals surface area contributed by atoms with Crippen molar-refractivity contribution in [1.82, 2.24) is 0 Å². The van der Waals surface area contributed by atoms with Gasteiger partial charge in [-0.15, -0.1) is 0 Å². The molecule has 50 heavy (non-hydrogen) atoms. The van der Waals surface area contributed by atoms with Crippen molar-refractivity contribution in [3.05, 3.63) is 0 Å². The third-order valence-electron chi connectivity index (χ3n) is 15.3. The van der Waals surface area contributed by atoms with Crippen LogP contribution in [0.3, 0.4) is 0 Å². The Morgan fingerprint density at radius 3 is 1.28 bits per heavy atom. The van der Waals surface area contributed by atoms with E-state index in [1.165, 1.54) is 0 Å². The summed E-state index contributed by atoms with van der Waals surface area (Å²) in [4.78, 5) is 53.9. The molecule has 0 spiro atoms. The summed E-state index contributed by atoms with van der Waals surface area (Å²) in [6, 6.07) is 0. The van der Waals surface area contributed by atoms with Crippen LogP contribution in [0.15, 0.2) is 0 Å². The maximum Gasteiger partial charge on any atom is 0.336 e. The molecular formula is C40H60O10. The predicted molar refractivity (Wildman–Crippen MR) is 181 cm³/mol. The van der Waals surface area contributed by atoms with Crippen LogP contribution in [0.1, 0.15) is 118 Å². The number of hydrogen-bond donors (Lipinski definition) is 0. The molecule has 10 nitrogen and oxygen atoms in total. The molecule has 3 heterocycles. The van der Waals surface area contributed by atoms with Gasteiger partial charge in [0.15, 0.2) is 12.2 Å². The van der Waals surface area contributed by atoms with E-state index in [0.29, 0.717) is 39.3 Å². The molecule has 7 fully saturated rings. The minimum Gasteiger partial charge on any atom is -0.465 e. The quantitative estimate of drug-likeness (QED) is 0.243. The van der Waals surface area contributed by atoms with Gasteiger partial charge in [-0.25, -0.2) is 9.59 Å². The Labute approximate surface area is 297 Å². The molecule has 0 aromatic carbocycles. The fourth-order valence-electron chi connectivity index (χ4n) is 12.4. The first-order valence-electron chi connectivity index (χ1n) is 19.8. The molecule has 0 aromatic heterocycles. The lowest BCUT2D eigenvalue weighted by Gasteiger charge is -2.58. The zero-order valence-electron chi connectivity index (χ0n) is 30.8. The number of esters is 4. The molecule has 0 amide bonds. The molecule has 4 saturated carbocycles. The second kappa shape index (κ2) is 14.0. The van der Waals surface area contributed by atoms with Gasteiger partial charge in [-0.1, -0.05) is 53.4 Å². The standard InChI is InChI=1S/C40H60O10/c1-37-15-7-17-39(3)25(9-5-11-29(37)39)21-47-32(28-14-20-46-34(28)42)36(44)50-24-38(2)16-8-18-40(4)26(10-6-12-30(38)40)22-48-31(35(43)49-23-37)27-13-19-45-33(27)41/h25-32H,5-24H2,1-4H3/t25-,26-,27+,28+,29+,30+,31-,32-,37+,38+,39-,40-/m1/s1. The van der Waals surface area contributed by atoms with Crippen molar-refractivity contribution in [3.63, 3.8) is 0 Å². The lowest BCUT2D eigenvalue weighted by Crippen LogP contribution is -2.54. The van der Waals surface area contributed by atoms with Gasteiger partial charge in [0.1, 0.15) is 0 Å². The molecule has 8 bridgehead atoms. The Bertz CT molecular complexity index is 1220.